The van der Waals surface area contributed by atoms with E-state index in [1.807, 2.05) is 0 Å². The van der Waals surface area contributed by atoms with Crippen LogP contribution in [-0.2, 0) is 10.8 Å². The van der Waals surface area contributed by atoms with Crippen LogP contribution in [0.4, 0.5) is 5.82 Å². The van der Waals surface area contributed by atoms with Gasteiger partial charge in [0.25, 0.3) is 5.91 Å². The summed E-state index contributed by atoms with van der Waals surface area (Å²) >= 11 is 5.99. The molecule has 7 heteroatoms. The molecule has 0 radical (unpaired) electrons. The van der Waals surface area contributed by atoms with E-state index in [0.717, 1.165) is 0 Å². The van der Waals surface area contributed by atoms with Crippen molar-refractivity contribution in [3.8, 4) is 0 Å². The van der Waals surface area contributed by atoms with Crippen molar-refractivity contribution >= 4 is 34.1 Å². The van der Waals surface area contributed by atoms with Crippen LogP contribution in [0.25, 0.3) is 0 Å². The van der Waals surface area contributed by atoms with Gasteiger partial charge in [-0.15, -0.1) is 0 Å². The normalized spacial score (nSPS) is 16.7. The number of hydrogen-bond acceptors (Lipinski definition) is 4. The van der Waals surface area contributed by atoms with Crippen LogP contribution in [0.2, 0.25) is 5.02 Å². The second kappa shape index (κ2) is 5.67. The van der Waals surface area contributed by atoms with Crippen molar-refractivity contribution in [2.24, 2.45) is 0 Å². The van der Waals surface area contributed by atoms with Crippen LogP contribution in [-0.4, -0.2) is 51.6 Å². The quantitative estimate of drug-likeness (QED) is 0.881. The molecule has 1 saturated heterocycles. The van der Waals surface area contributed by atoms with Gasteiger partial charge in [0.1, 0.15) is 5.82 Å². The fourth-order valence-electron chi connectivity index (χ4n) is 1.76. The van der Waals surface area contributed by atoms with Crippen LogP contribution in [0.1, 0.15) is 10.4 Å². The zero-order chi connectivity index (χ0) is 13.1. The lowest BCUT2D eigenvalue weighted by atomic mass is 10.2. The second-order valence-electron chi connectivity index (χ2n) is 3.94. The largest absolute Gasteiger partial charge is 0.372 e. The highest BCUT2D eigenvalue weighted by Gasteiger charge is 2.22. The Bertz CT molecular complexity index is 485. The molecule has 98 valence electrons. The van der Waals surface area contributed by atoms with Gasteiger partial charge in [0.15, 0.2) is 0 Å². The molecule has 0 spiro atoms. The molecule has 0 aromatic carbocycles. The summed E-state index contributed by atoms with van der Waals surface area (Å²) in [6.07, 6.45) is 1.51. The Balaban J connectivity index is 2.13. The molecule has 0 unspecified atom stereocenters. The van der Waals surface area contributed by atoms with Crippen molar-refractivity contribution in [1.29, 1.82) is 0 Å². The van der Waals surface area contributed by atoms with E-state index in [1.165, 1.54) is 6.20 Å². The standard InChI is InChI=1S/C11H14ClN3O2S/c1-13-10-9(12)6-8(7-14-10)11(16)15-2-4-18(17)5-3-15/h6-7H,2-5H2,1H3,(H,13,14). The third-order valence-electron chi connectivity index (χ3n) is 2.79. The Morgan fingerprint density at radius 3 is 2.72 bits per heavy atom. The molecule has 1 N–H and O–H groups in total. The fraction of sp³-hybridized carbons (Fsp3) is 0.455. The minimum Gasteiger partial charge on any atom is -0.372 e. The predicted octanol–water partition coefficient (Wildman–Crippen LogP) is 0.981. The highest BCUT2D eigenvalue weighted by Crippen LogP contribution is 2.20. The Labute approximate surface area is 113 Å². The van der Waals surface area contributed by atoms with E-state index in [4.69, 9.17) is 11.6 Å². The van der Waals surface area contributed by atoms with Gasteiger partial charge in [0, 0.05) is 48.6 Å². The molecule has 0 aliphatic carbocycles. The summed E-state index contributed by atoms with van der Waals surface area (Å²) in [6, 6.07) is 1.61. The Morgan fingerprint density at radius 2 is 2.17 bits per heavy atom. The fourth-order valence-corrected chi connectivity index (χ4v) is 3.08. The van der Waals surface area contributed by atoms with Gasteiger partial charge in [0.05, 0.1) is 10.6 Å². The van der Waals surface area contributed by atoms with E-state index in [-0.39, 0.29) is 5.91 Å². The van der Waals surface area contributed by atoms with Gasteiger partial charge in [-0.05, 0) is 6.07 Å². The molecule has 2 rings (SSSR count). The lowest BCUT2D eigenvalue weighted by molar-refractivity contribution is 0.0771. The molecule has 1 aliphatic rings. The van der Waals surface area contributed by atoms with Crippen molar-refractivity contribution in [3.05, 3.63) is 22.8 Å². The van der Waals surface area contributed by atoms with Crippen LogP contribution in [0, 0.1) is 0 Å². The predicted molar refractivity (Wildman–Crippen MR) is 72.6 cm³/mol. The first kappa shape index (κ1) is 13.3. The third-order valence-corrected chi connectivity index (χ3v) is 4.35. The Kier molecular flexibility index (Phi) is 4.19. The van der Waals surface area contributed by atoms with E-state index in [9.17, 15) is 9.00 Å². The van der Waals surface area contributed by atoms with Gasteiger partial charge in [0.2, 0.25) is 0 Å². The summed E-state index contributed by atoms with van der Waals surface area (Å²) in [7, 11) is 0.929. The average Bonchev–Trinajstić information content (AvgIpc) is 2.38. The first-order valence-electron chi connectivity index (χ1n) is 5.59. The highest BCUT2D eigenvalue weighted by molar-refractivity contribution is 7.85. The number of amides is 1. The van der Waals surface area contributed by atoms with Crippen LogP contribution >= 0.6 is 11.6 Å². The van der Waals surface area contributed by atoms with Gasteiger partial charge < -0.3 is 10.2 Å². The molecule has 18 heavy (non-hydrogen) atoms. The number of halogens is 1. The molecule has 5 nitrogen and oxygen atoms in total. The number of carbonyl (C=O) groups is 1. The summed E-state index contributed by atoms with van der Waals surface area (Å²) in [5.74, 6) is 1.53. The minimum absolute atomic E-state index is 0.108. The van der Waals surface area contributed by atoms with Gasteiger partial charge in [-0.25, -0.2) is 4.98 Å². The summed E-state index contributed by atoms with van der Waals surface area (Å²) in [6.45, 7) is 1.05. The maximum Gasteiger partial charge on any atom is 0.255 e. The Morgan fingerprint density at radius 1 is 1.50 bits per heavy atom. The molecule has 1 aromatic heterocycles. The zero-order valence-electron chi connectivity index (χ0n) is 9.98. The van der Waals surface area contributed by atoms with E-state index >= 15 is 0 Å². The second-order valence-corrected chi connectivity index (χ2v) is 6.05. The van der Waals surface area contributed by atoms with Crippen molar-refractivity contribution < 1.29 is 9.00 Å². The van der Waals surface area contributed by atoms with Crippen LogP contribution < -0.4 is 5.32 Å². The van der Waals surface area contributed by atoms with E-state index in [1.54, 1.807) is 18.0 Å². The van der Waals surface area contributed by atoms with Crippen LogP contribution in [0.5, 0.6) is 0 Å². The maximum atomic E-state index is 12.2. The molecule has 0 atom stereocenters. The average molecular weight is 288 g/mol. The lowest BCUT2D eigenvalue weighted by Crippen LogP contribution is -2.41. The number of rotatable bonds is 2. The monoisotopic (exact) mass is 287 g/mol. The summed E-state index contributed by atoms with van der Waals surface area (Å²) in [4.78, 5) is 17.9. The van der Waals surface area contributed by atoms with Crippen LogP contribution in [0.3, 0.4) is 0 Å². The first-order chi connectivity index (χ1) is 8.61. The molecule has 1 aromatic rings. The summed E-state index contributed by atoms with van der Waals surface area (Å²) in [5.41, 5.74) is 0.465. The van der Waals surface area contributed by atoms with Crippen molar-refractivity contribution in [3.63, 3.8) is 0 Å². The highest BCUT2D eigenvalue weighted by atomic mass is 35.5. The summed E-state index contributed by atoms with van der Waals surface area (Å²) < 4.78 is 11.2. The van der Waals surface area contributed by atoms with Crippen molar-refractivity contribution in [2.75, 3.05) is 37.0 Å². The van der Waals surface area contributed by atoms with Gasteiger partial charge in [-0.1, -0.05) is 11.6 Å². The molecule has 1 amide bonds. The number of aromatic nitrogens is 1. The smallest absolute Gasteiger partial charge is 0.255 e. The van der Waals surface area contributed by atoms with Crippen molar-refractivity contribution in [2.45, 2.75) is 0 Å². The zero-order valence-corrected chi connectivity index (χ0v) is 11.6. The Hall–Kier alpha value is -1.14. The topological polar surface area (TPSA) is 62.3 Å². The van der Waals surface area contributed by atoms with Gasteiger partial charge in [-0.3, -0.25) is 9.00 Å². The first-order valence-corrected chi connectivity index (χ1v) is 7.46. The number of carbonyl (C=O) groups excluding carboxylic acids is 1. The molecule has 0 bridgehead atoms. The minimum atomic E-state index is -0.789. The number of anilines is 1. The van der Waals surface area contributed by atoms with Crippen LogP contribution in [0.15, 0.2) is 12.3 Å². The molecular weight excluding hydrogens is 274 g/mol. The lowest BCUT2D eigenvalue weighted by Gasteiger charge is -2.26. The van der Waals surface area contributed by atoms with Crippen molar-refractivity contribution in [1.82, 2.24) is 9.88 Å². The van der Waals surface area contributed by atoms with E-state index in [2.05, 4.69) is 10.3 Å². The van der Waals surface area contributed by atoms with Gasteiger partial charge >= 0.3 is 0 Å². The SMILES string of the molecule is CNc1ncc(C(=O)N2CCS(=O)CC2)cc1Cl. The van der Waals surface area contributed by atoms with Gasteiger partial charge in [-0.2, -0.15) is 0 Å². The third kappa shape index (κ3) is 2.81. The molecule has 1 fully saturated rings. The number of hydrogen-bond donors (Lipinski definition) is 1. The maximum absolute atomic E-state index is 12.2. The molecule has 1 aliphatic heterocycles. The number of nitrogens with one attached hydrogen (secondary N) is 1. The van der Waals surface area contributed by atoms with E-state index < -0.39 is 10.8 Å². The van der Waals surface area contributed by atoms with E-state index in [0.29, 0.717) is 41.0 Å². The molecule has 2 heterocycles. The number of pyridine rings is 1. The summed E-state index contributed by atoms with van der Waals surface area (Å²) in [5, 5.41) is 3.26. The molecular formula is C11H14ClN3O2S. The molecule has 0 saturated carbocycles. The number of nitrogens with zero attached hydrogens (tertiary/aromatic N) is 2.